The molecule has 1 aromatic carbocycles. The zero-order valence-corrected chi connectivity index (χ0v) is 13.9. The topological polar surface area (TPSA) is 76.6 Å². The van der Waals surface area contributed by atoms with Crippen molar-refractivity contribution in [1.29, 1.82) is 0 Å². The molecule has 0 saturated carbocycles. The summed E-state index contributed by atoms with van der Waals surface area (Å²) in [7, 11) is 0. The number of hydrogen-bond donors (Lipinski definition) is 1. The quantitative estimate of drug-likeness (QED) is 0.916. The van der Waals surface area contributed by atoms with Crippen LogP contribution in [0.1, 0.15) is 23.3 Å². The minimum absolute atomic E-state index is 0.0441. The Morgan fingerprint density at radius 2 is 2.17 bits per heavy atom. The first-order chi connectivity index (χ1) is 11.8. The van der Waals surface area contributed by atoms with Gasteiger partial charge in [-0.3, -0.25) is 4.79 Å². The molecule has 0 aliphatic carbocycles. The van der Waals surface area contributed by atoms with E-state index in [4.69, 9.17) is 9.47 Å². The Hall–Kier alpha value is -2.35. The summed E-state index contributed by atoms with van der Waals surface area (Å²) in [5, 5.41) is 9.07. The first kappa shape index (κ1) is 15.2. The molecule has 24 heavy (non-hydrogen) atoms. The predicted molar refractivity (Wildman–Crippen MR) is 89.9 cm³/mol. The van der Waals surface area contributed by atoms with Gasteiger partial charge in [0, 0.05) is 36.3 Å². The molecule has 1 unspecified atom stereocenters. The van der Waals surface area contributed by atoms with Crippen LogP contribution >= 0.6 is 11.5 Å². The highest BCUT2D eigenvalue weighted by atomic mass is 32.1. The van der Waals surface area contributed by atoms with E-state index in [0.29, 0.717) is 25.5 Å². The lowest BCUT2D eigenvalue weighted by atomic mass is 10.0. The van der Waals surface area contributed by atoms with Crippen LogP contribution in [-0.2, 0) is 0 Å². The fourth-order valence-electron chi connectivity index (χ4n) is 3.07. The summed E-state index contributed by atoms with van der Waals surface area (Å²) in [5.74, 6) is 1.50. The monoisotopic (exact) mass is 346 g/mol. The molecule has 4 rings (SSSR count). The number of amides is 1. The third kappa shape index (κ3) is 3.14. The van der Waals surface area contributed by atoms with Crippen molar-refractivity contribution in [3.05, 3.63) is 29.3 Å². The van der Waals surface area contributed by atoms with E-state index in [0.717, 1.165) is 36.6 Å². The Morgan fingerprint density at radius 1 is 1.29 bits per heavy atom. The zero-order valence-electron chi connectivity index (χ0n) is 13.1. The van der Waals surface area contributed by atoms with Crippen LogP contribution < -0.4 is 14.8 Å². The predicted octanol–water partition coefficient (Wildman–Crippen LogP) is 2.03. The third-order valence-electron chi connectivity index (χ3n) is 4.20. The van der Waals surface area contributed by atoms with Gasteiger partial charge in [0.15, 0.2) is 17.2 Å². The van der Waals surface area contributed by atoms with E-state index in [1.807, 2.05) is 23.1 Å². The summed E-state index contributed by atoms with van der Waals surface area (Å²) >= 11 is 1.20. The average molecular weight is 346 g/mol. The van der Waals surface area contributed by atoms with Crippen LogP contribution in [0.3, 0.4) is 0 Å². The second-order valence-electron chi connectivity index (χ2n) is 5.88. The summed E-state index contributed by atoms with van der Waals surface area (Å²) < 4.78 is 14.9. The Labute approximate surface area is 143 Å². The molecule has 1 aromatic heterocycles. The van der Waals surface area contributed by atoms with Crippen molar-refractivity contribution in [1.82, 2.24) is 14.5 Å². The highest BCUT2D eigenvalue weighted by Gasteiger charge is 2.26. The van der Waals surface area contributed by atoms with Gasteiger partial charge in [0.05, 0.1) is 0 Å². The van der Waals surface area contributed by atoms with E-state index in [9.17, 15) is 4.79 Å². The number of carbonyl (C=O) groups excluding carboxylic acids is 1. The van der Waals surface area contributed by atoms with Crippen molar-refractivity contribution in [2.75, 3.05) is 31.6 Å². The van der Waals surface area contributed by atoms with Gasteiger partial charge in [-0.05, 0) is 36.5 Å². The highest BCUT2D eigenvalue weighted by Crippen LogP contribution is 2.33. The zero-order chi connectivity index (χ0) is 16.4. The lowest BCUT2D eigenvalue weighted by molar-refractivity contribution is 0.0709. The molecule has 2 aliphatic heterocycles. The molecule has 8 heteroatoms. The Kier molecular flexibility index (Phi) is 4.20. The maximum absolute atomic E-state index is 12.4. The first-order valence-electron chi connectivity index (χ1n) is 8.02. The van der Waals surface area contributed by atoms with E-state index >= 15 is 0 Å². The normalized spacial score (nSPS) is 19.8. The molecule has 1 saturated heterocycles. The van der Waals surface area contributed by atoms with Crippen LogP contribution in [0.25, 0.3) is 0 Å². The van der Waals surface area contributed by atoms with Gasteiger partial charge in [-0.2, -0.15) is 0 Å². The average Bonchev–Trinajstić information content (AvgIpc) is 3.16. The van der Waals surface area contributed by atoms with Gasteiger partial charge in [-0.25, -0.2) is 0 Å². The number of fused-ring (bicyclic) bond motifs is 1. The lowest BCUT2D eigenvalue weighted by Gasteiger charge is -2.33. The number of ether oxygens (including phenoxy) is 2. The minimum atomic E-state index is -0.0441. The van der Waals surface area contributed by atoms with Crippen LogP contribution in [-0.4, -0.2) is 52.7 Å². The molecule has 3 heterocycles. The lowest BCUT2D eigenvalue weighted by Crippen LogP contribution is -2.45. The molecule has 1 atom stereocenters. The second kappa shape index (κ2) is 6.64. The van der Waals surface area contributed by atoms with E-state index in [-0.39, 0.29) is 11.9 Å². The maximum atomic E-state index is 12.4. The number of aromatic nitrogens is 2. The fraction of sp³-hybridized carbons (Fsp3) is 0.438. The first-order valence-corrected chi connectivity index (χ1v) is 8.86. The van der Waals surface area contributed by atoms with Gasteiger partial charge < -0.3 is 19.7 Å². The molecule has 0 spiro atoms. The molecule has 2 aromatic rings. The number of piperidine rings is 1. The van der Waals surface area contributed by atoms with Crippen molar-refractivity contribution in [2.24, 2.45) is 0 Å². The Morgan fingerprint density at radius 3 is 3.00 bits per heavy atom. The second-order valence-corrected chi connectivity index (χ2v) is 6.49. The van der Waals surface area contributed by atoms with Crippen molar-refractivity contribution in [3.63, 3.8) is 0 Å². The molecular weight excluding hydrogens is 328 g/mol. The number of nitrogens with zero attached hydrogens (tertiary/aromatic N) is 3. The number of hydrogen-bond acceptors (Lipinski definition) is 7. The fourth-order valence-corrected chi connectivity index (χ4v) is 3.50. The van der Waals surface area contributed by atoms with E-state index in [1.54, 1.807) is 5.38 Å². The summed E-state index contributed by atoms with van der Waals surface area (Å²) in [5.41, 5.74) is 1.41. The summed E-state index contributed by atoms with van der Waals surface area (Å²) in [6, 6.07) is 6.07. The van der Waals surface area contributed by atoms with Crippen LogP contribution in [0.4, 0.5) is 5.69 Å². The van der Waals surface area contributed by atoms with Gasteiger partial charge >= 0.3 is 0 Å². The molecule has 126 valence electrons. The van der Waals surface area contributed by atoms with Crippen molar-refractivity contribution in [3.8, 4) is 11.5 Å². The number of likely N-dealkylation sites (tertiary alicyclic amines) is 1. The molecule has 1 fully saturated rings. The smallest absolute Gasteiger partial charge is 0.275 e. The SMILES string of the molecule is O=C(c1csnn1)N1CCCC(Nc2ccc3c(c2)OCCO3)C1. The number of benzene rings is 1. The van der Waals surface area contributed by atoms with E-state index in [2.05, 4.69) is 14.9 Å². The van der Waals surface area contributed by atoms with Crippen molar-refractivity contribution in [2.45, 2.75) is 18.9 Å². The van der Waals surface area contributed by atoms with Gasteiger partial charge in [0.2, 0.25) is 0 Å². The van der Waals surface area contributed by atoms with Gasteiger partial charge in [-0.15, -0.1) is 5.10 Å². The third-order valence-corrected chi connectivity index (χ3v) is 4.71. The summed E-state index contributed by atoms with van der Waals surface area (Å²) in [6.45, 7) is 2.58. The van der Waals surface area contributed by atoms with Gasteiger partial charge in [0.1, 0.15) is 13.2 Å². The van der Waals surface area contributed by atoms with E-state index < -0.39 is 0 Å². The van der Waals surface area contributed by atoms with Crippen LogP contribution in [0, 0.1) is 0 Å². The minimum Gasteiger partial charge on any atom is -0.486 e. The number of anilines is 1. The Bertz CT molecular complexity index is 722. The molecule has 1 N–H and O–H groups in total. The number of rotatable bonds is 3. The molecule has 7 nitrogen and oxygen atoms in total. The summed E-state index contributed by atoms with van der Waals surface area (Å²) in [4.78, 5) is 14.3. The highest BCUT2D eigenvalue weighted by molar-refractivity contribution is 7.03. The molecular formula is C16H18N4O3S. The van der Waals surface area contributed by atoms with Crippen LogP contribution in [0.5, 0.6) is 11.5 Å². The number of carbonyl (C=O) groups is 1. The molecule has 1 amide bonds. The molecule has 2 aliphatic rings. The van der Waals surface area contributed by atoms with Gasteiger partial charge in [-0.1, -0.05) is 4.49 Å². The molecule has 0 radical (unpaired) electrons. The standard InChI is InChI=1S/C16H18N4O3S/c21-16(13-10-24-19-18-13)20-5-1-2-12(9-20)17-11-3-4-14-15(8-11)23-7-6-22-14/h3-4,8,10,12,17H,1-2,5-7,9H2. The van der Waals surface area contributed by atoms with Crippen molar-refractivity contribution >= 4 is 23.1 Å². The molecule has 0 bridgehead atoms. The number of nitrogens with one attached hydrogen (secondary N) is 1. The Balaban J connectivity index is 1.42. The summed E-state index contributed by atoms with van der Waals surface area (Å²) in [6.07, 6.45) is 1.99. The van der Waals surface area contributed by atoms with Gasteiger partial charge in [0.25, 0.3) is 5.91 Å². The van der Waals surface area contributed by atoms with E-state index in [1.165, 1.54) is 11.5 Å². The maximum Gasteiger partial charge on any atom is 0.275 e. The van der Waals surface area contributed by atoms with Crippen LogP contribution in [0.15, 0.2) is 23.6 Å². The largest absolute Gasteiger partial charge is 0.486 e. The van der Waals surface area contributed by atoms with Crippen molar-refractivity contribution < 1.29 is 14.3 Å². The van der Waals surface area contributed by atoms with Crippen LogP contribution in [0.2, 0.25) is 0 Å².